The van der Waals surface area contributed by atoms with E-state index in [1.54, 1.807) is 0 Å². The molecule has 0 fully saturated rings. The first-order valence-corrected chi connectivity index (χ1v) is 8.42. The van der Waals surface area contributed by atoms with Crippen LogP contribution < -0.4 is 11.1 Å². The number of nitrogens with two attached hydrogens (primary N) is 1. The molecule has 0 spiro atoms. The van der Waals surface area contributed by atoms with Crippen LogP contribution in [0.25, 0.3) is 10.9 Å². The van der Waals surface area contributed by atoms with E-state index in [9.17, 15) is 14.7 Å². The van der Waals surface area contributed by atoms with Gasteiger partial charge in [0.1, 0.15) is 6.04 Å². The number of aromatic amines is 1. The van der Waals surface area contributed by atoms with Crippen LogP contribution in [-0.4, -0.2) is 34.1 Å². The van der Waals surface area contributed by atoms with E-state index in [0.29, 0.717) is 6.42 Å². The molecule has 1 amide bonds. The Balaban J connectivity index is 1.66. The molecule has 6 nitrogen and oxygen atoms in total. The van der Waals surface area contributed by atoms with Gasteiger partial charge >= 0.3 is 5.97 Å². The molecule has 3 rings (SSSR count). The number of nitrogens with one attached hydrogen (secondary N) is 2. The smallest absolute Gasteiger partial charge is 0.326 e. The van der Waals surface area contributed by atoms with Gasteiger partial charge in [0.25, 0.3) is 0 Å². The summed E-state index contributed by atoms with van der Waals surface area (Å²) >= 11 is 0. The molecule has 0 saturated heterocycles. The van der Waals surface area contributed by atoms with Gasteiger partial charge in [-0.05, 0) is 23.6 Å². The molecule has 0 aliphatic rings. The number of benzene rings is 2. The molecule has 0 aliphatic heterocycles. The van der Waals surface area contributed by atoms with E-state index in [1.807, 2.05) is 60.8 Å². The minimum absolute atomic E-state index is 0.210. The van der Waals surface area contributed by atoms with Crippen LogP contribution >= 0.6 is 0 Å². The van der Waals surface area contributed by atoms with Crippen LogP contribution in [0.15, 0.2) is 60.8 Å². The summed E-state index contributed by atoms with van der Waals surface area (Å²) in [6, 6.07) is 15.1. The van der Waals surface area contributed by atoms with Crippen LogP contribution in [0.1, 0.15) is 11.1 Å². The lowest BCUT2D eigenvalue weighted by Crippen LogP contribution is -2.50. The van der Waals surface area contributed by atoms with Gasteiger partial charge in [-0.3, -0.25) is 4.79 Å². The molecule has 1 aromatic heterocycles. The van der Waals surface area contributed by atoms with Crippen molar-refractivity contribution < 1.29 is 14.7 Å². The van der Waals surface area contributed by atoms with E-state index in [-0.39, 0.29) is 6.42 Å². The van der Waals surface area contributed by atoms with E-state index < -0.39 is 24.0 Å². The van der Waals surface area contributed by atoms with E-state index >= 15 is 0 Å². The lowest BCUT2D eigenvalue weighted by atomic mass is 10.0. The molecule has 1 heterocycles. The Morgan fingerprint density at radius 3 is 2.46 bits per heavy atom. The van der Waals surface area contributed by atoms with Crippen LogP contribution in [-0.2, 0) is 22.4 Å². The first kappa shape index (κ1) is 17.7. The lowest BCUT2D eigenvalue weighted by molar-refractivity contribution is -0.141. The largest absolute Gasteiger partial charge is 0.480 e. The maximum absolute atomic E-state index is 12.4. The number of amides is 1. The zero-order valence-electron chi connectivity index (χ0n) is 14.2. The molecule has 0 saturated carbocycles. The van der Waals surface area contributed by atoms with Crippen molar-refractivity contribution in [3.8, 4) is 0 Å². The topological polar surface area (TPSA) is 108 Å². The van der Waals surface area contributed by atoms with Gasteiger partial charge in [0, 0.05) is 23.5 Å². The maximum atomic E-state index is 12.4. The van der Waals surface area contributed by atoms with E-state index in [0.717, 1.165) is 22.0 Å². The van der Waals surface area contributed by atoms with Crippen LogP contribution in [0.4, 0.5) is 0 Å². The monoisotopic (exact) mass is 351 g/mol. The highest BCUT2D eigenvalue weighted by atomic mass is 16.4. The summed E-state index contributed by atoms with van der Waals surface area (Å²) in [5.74, 6) is -1.56. The molecule has 2 atom stereocenters. The average molecular weight is 351 g/mol. The number of hydrogen-bond acceptors (Lipinski definition) is 3. The first-order valence-electron chi connectivity index (χ1n) is 8.42. The summed E-state index contributed by atoms with van der Waals surface area (Å²) in [7, 11) is 0. The fourth-order valence-electron chi connectivity index (χ4n) is 2.96. The molecule has 0 unspecified atom stereocenters. The highest BCUT2D eigenvalue weighted by Gasteiger charge is 2.24. The van der Waals surface area contributed by atoms with Gasteiger partial charge in [-0.2, -0.15) is 0 Å². The SMILES string of the molecule is N[C@@H](Cc1c[nH]c2ccccc12)C(=O)N[C@@H](Cc1ccccc1)C(=O)O. The highest BCUT2D eigenvalue weighted by Crippen LogP contribution is 2.18. The van der Waals surface area contributed by atoms with Crippen LogP contribution in [0.5, 0.6) is 0 Å². The Kier molecular flexibility index (Phi) is 5.34. The third-order valence-corrected chi connectivity index (χ3v) is 4.35. The first-order chi connectivity index (χ1) is 12.5. The van der Waals surface area contributed by atoms with Crippen molar-refractivity contribution in [2.45, 2.75) is 24.9 Å². The van der Waals surface area contributed by atoms with Gasteiger partial charge in [-0.1, -0.05) is 48.5 Å². The predicted molar refractivity (Wildman–Crippen MR) is 99.7 cm³/mol. The minimum atomic E-state index is -1.08. The number of H-pyrrole nitrogens is 1. The summed E-state index contributed by atoms with van der Waals surface area (Å²) in [5.41, 5.74) is 8.76. The van der Waals surface area contributed by atoms with Crippen LogP contribution in [0.2, 0.25) is 0 Å². The second-order valence-corrected chi connectivity index (χ2v) is 6.26. The molecule has 2 aromatic carbocycles. The molecule has 0 aliphatic carbocycles. The standard InChI is InChI=1S/C20H21N3O3/c21-16(11-14-12-22-17-9-5-4-8-15(14)17)19(24)23-18(20(25)26)10-13-6-2-1-3-7-13/h1-9,12,16,18,22H,10-11,21H2,(H,23,24)(H,25,26)/t16-,18-/m0/s1. The third-order valence-electron chi connectivity index (χ3n) is 4.35. The van der Waals surface area contributed by atoms with E-state index in [2.05, 4.69) is 10.3 Å². The van der Waals surface area contributed by atoms with E-state index in [4.69, 9.17) is 5.73 Å². The molecular weight excluding hydrogens is 330 g/mol. The zero-order chi connectivity index (χ0) is 18.5. The summed E-state index contributed by atoms with van der Waals surface area (Å²) in [6.45, 7) is 0. The fourth-order valence-corrected chi connectivity index (χ4v) is 2.96. The van der Waals surface area contributed by atoms with Gasteiger partial charge in [0.2, 0.25) is 5.91 Å². The highest BCUT2D eigenvalue weighted by molar-refractivity contribution is 5.88. The van der Waals surface area contributed by atoms with Crippen molar-refractivity contribution in [1.29, 1.82) is 0 Å². The number of hydrogen-bond donors (Lipinski definition) is 4. The molecule has 26 heavy (non-hydrogen) atoms. The molecule has 0 bridgehead atoms. The Hall–Kier alpha value is -3.12. The van der Waals surface area contributed by atoms with Crippen molar-refractivity contribution in [3.63, 3.8) is 0 Å². The van der Waals surface area contributed by atoms with Gasteiger partial charge < -0.3 is 21.1 Å². The van der Waals surface area contributed by atoms with Crippen molar-refractivity contribution in [2.75, 3.05) is 0 Å². The minimum Gasteiger partial charge on any atom is -0.480 e. The summed E-state index contributed by atoms with van der Waals surface area (Å²) in [4.78, 5) is 27.0. The summed E-state index contributed by atoms with van der Waals surface area (Å²) in [6.07, 6.45) is 2.37. The summed E-state index contributed by atoms with van der Waals surface area (Å²) in [5, 5.41) is 13.0. The number of fused-ring (bicyclic) bond motifs is 1. The molecule has 0 radical (unpaired) electrons. The number of aliphatic carboxylic acids is 1. The summed E-state index contributed by atoms with van der Waals surface area (Å²) < 4.78 is 0. The third kappa shape index (κ3) is 4.10. The Labute approximate surface area is 151 Å². The molecule has 5 N–H and O–H groups in total. The van der Waals surface area contributed by atoms with E-state index in [1.165, 1.54) is 0 Å². The molecule has 134 valence electrons. The maximum Gasteiger partial charge on any atom is 0.326 e. The van der Waals surface area contributed by atoms with Crippen molar-refractivity contribution in [2.24, 2.45) is 5.73 Å². The van der Waals surface area contributed by atoms with Crippen LogP contribution in [0.3, 0.4) is 0 Å². The predicted octanol–water partition coefficient (Wildman–Crippen LogP) is 1.85. The molecule has 3 aromatic rings. The van der Waals surface area contributed by atoms with Crippen molar-refractivity contribution in [1.82, 2.24) is 10.3 Å². The normalized spacial score (nSPS) is 13.3. The Bertz CT molecular complexity index is 905. The Morgan fingerprint density at radius 2 is 1.73 bits per heavy atom. The average Bonchev–Trinajstić information content (AvgIpc) is 3.05. The fraction of sp³-hybridized carbons (Fsp3) is 0.200. The van der Waals surface area contributed by atoms with Gasteiger partial charge in [0.15, 0.2) is 0 Å². The van der Waals surface area contributed by atoms with Gasteiger partial charge in [0.05, 0.1) is 6.04 Å². The second-order valence-electron chi connectivity index (χ2n) is 6.26. The van der Waals surface area contributed by atoms with Gasteiger partial charge in [-0.15, -0.1) is 0 Å². The van der Waals surface area contributed by atoms with Gasteiger partial charge in [-0.25, -0.2) is 4.79 Å². The quantitative estimate of drug-likeness (QED) is 0.521. The lowest BCUT2D eigenvalue weighted by Gasteiger charge is -2.18. The number of aromatic nitrogens is 1. The number of carboxylic acids is 1. The number of carboxylic acid groups (broad SMARTS) is 1. The number of para-hydroxylation sites is 1. The van der Waals surface area contributed by atoms with Crippen LogP contribution in [0, 0.1) is 0 Å². The number of carbonyl (C=O) groups is 2. The number of carbonyl (C=O) groups excluding carboxylic acids is 1. The molecular formula is C20H21N3O3. The Morgan fingerprint density at radius 1 is 1.04 bits per heavy atom. The zero-order valence-corrected chi connectivity index (χ0v) is 14.2. The number of rotatable bonds is 7. The van der Waals surface area contributed by atoms with Crippen molar-refractivity contribution >= 4 is 22.8 Å². The second kappa shape index (κ2) is 7.84. The molecule has 6 heteroatoms. The van der Waals surface area contributed by atoms with Crippen molar-refractivity contribution in [3.05, 3.63) is 71.9 Å².